The smallest absolute Gasteiger partial charge is 0.414 e. The molecule has 4 aliphatic heterocycles. The SMILES string of the molecule is O=C(OC(Cc1c(Cl)c[n+]([O-])cc1Cl)c1ccc(OC(F)F)c(OCC2CC2)c1)C1SCCN1C(=O)c1cccc(CN(C(=O)OC2CN3CCC2CC3)c2ccccc2)c1.O=CO. The number of alkyl halides is 2. The standard InChI is InChI=1S/C44H44Cl2F2N4O8S.CH2O2/c45-34-23-50(56)24-35(46)33(34)21-37(30-11-12-36(59-43(47)48)38(20-30)57-26-27-9-10-27)58-42(54)41-51(17-18-61-41)40(53)31-6-4-5-28(19-31)22-52(32-7-2-1-3-8-32)44(55)60-39-25-49-15-13-29(39)14-16-49;2-1-3/h1-8,11-12,19-20,23-24,27,29,37,39,41,43H,9-10,13-18,21-22,25-26H2;1H,(H,2,3). The number of thioether (sulfide) groups is 1. The van der Waals surface area contributed by atoms with Crippen LogP contribution in [0.25, 0.3) is 0 Å². The van der Waals surface area contributed by atoms with Crippen LogP contribution in [0.1, 0.15) is 58.8 Å². The molecule has 5 heterocycles. The minimum absolute atomic E-state index is 0.0245. The van der Waals surface area contributed by atoms with E-state index >= 15 is 0 Å². The van der Waals surface area contributed by atoms with Gasteiger partial charge in [0.25, 0.3) is 12.4 Å². The van der Waals surface area contributed by atoms with Crippen molar-refractivity contribution in [2.45, 2.75) is 62.8 Å². The molecular weight excluding hydrogens is 897 g/mol. The van der Waals surface area contributed by atoms with E-state index in [0.717, 1.165) is 57.7 Å². The number of hydrogen-bond acceptors (Lipinski definition) is 11. The summed E-state index contributed by atoms with van der Waals surface area (Å²) in [4.78, 5) is 56.0. The lowest BCUT2D eigenvalue weighted by Crippen LogP contribution is -2.53. The minimum Gasteiger partial charge on any atom is -0.619 e. The lowest BCUT2D eigenvalue weighted by atomic mass is 9.86. The maximum Gasteiger partial charge on any atom is 0.414 e. The van der Waals surface area contributed by atoms with Crippen molar-refractivity contribution in [1.29, 1.82) is 0 Å². The van der Waals surface area contributed by atoms with Crippen LogP contribution in [0.4, 0.5) is 19.3 Å². The second-order valence-electron chi connectivity index (χ2n) is 15.8. The third-order valence-electron chi connectivity index (χ3n) is 11.4. The van der Waals surface area contributed by atoms with Gasteiger partial charge in [0.15, 0.2) is 29.3 Å². The molecular formula is C45H46Cl2F2N4O10S. The largest absolute Gasteiger partial charge is 0.619 e. The Kier molecular flexibility index (Phi) is 15.7. The van der Waals surface area contributed by atoms with Gasteiger partial charge in [-0.1, -0.05) is 59.6 Å². The van der Waals surface area contributed by atoms with E-state index in [1.807, 2.05) is 36.4 Å². The summed E-state index contributed by atoms with van der Waals surface area (Å²) < 4.78 is 50.1. The number of carboxylic acid groups (broad SMARTS) is 1. The number of fused-ring (bicyclic) bond motifs is 3. The summed E-state index contributed by atoms with van der Waals surface area (Å²) in [5, 5.41) is 18.0. The number of carbonyl (C=O) groups is 4. The lowest BCUT2D eigenvalue weighted by molar-refractivity contribution is -0.605. The molecule has 2 bridgehead atoms. The molecule has 1 aromatic heterocycles. The number of halogens is 4. The molecule has 1 aliphatic carbocycles. The van der Waals surface area contributed by atoms with Gasteiger partial charge in [0, 0.05) is 42.1 Å². The van der Waals surface area contributed by atoms with Crippen LogP contribution in [0.15, 0.2) is 85.2 Å². The fourth-order valence-electron chi connectivity index (χ4n) is 7.99. The molecule has 2 amide bonds. The van der Waals surface area contributed by atoms with E-state index in [1.165, 1.54) is 34.9 Å². The molecule has 5 aliphatic rings. The number of aromatic nitrogens is 1. The van der Waals surface area contributed by atoms with E-state index in [1.54, 1.807) is 23.1 Å². The second-order valence-corrected chi connectivity index (χ2v) is 17.8. The molecule has 340 valence electrons. The predicted octanol–water partition coefficient (Wildman–Crippen LogP) is 8.00. The van der Waals surface area contributed by atoms with E-state index < -0.39 is 36.1 Å². The van der Waals surface area contributed by atoms with Crippen molar-refractivity contribution in [3.05, 3.63) is 123 Å². The number of carbonyl (C=O) groups excluding carboxylic acids is 3. The molecule has 64 heavy (non-hydrogen) atoms. The van der Waals surface area contributed by atoms with Gasteiger partial charge in [-0.2, -0.15) is 13.5 Å². The quantitative estimate of drug-likeness (QED) is 0.0530. The molecule has 3 atom stereocenters. The highest BCUT2D eigenvalue weighted by molar-refractivity contribution is 8.00. The minimum atomic E-state index is -3.11. The number of nitrogens with zero attached hydrogens (tertiary/aromatic N) is 4. The number of anilines is 1. The summed E-state index contributed by atoms with van der Waals surface area (Å²) in [6.45, 7) is 0.0714. The summed E-state index contributed by atoms with van der Waals surface area (Å²) in [7, 11) is 0. The number of esters is 1. The zero-order valence-electron chi connectivity index (χ0n) is 34.4. The van der Waals surface area contributed by atoms with Crippen LogP contribution in [-0.2, 0) is 32.0 Å². The maximum absolute atomic E-state index is 14.2. The monoisotopic (exact) mass is 942 g/mol. The van der Waals surface area contributed by atoms with Crippen molar-refractivity contribution in [2.24, 2.45) is 11.8 Å². The fraction of sp³-hybridized carbons (Fsp3) is 0.400. The predicted molar refractivity (Wildman–Crippen MR) is 234 cm³/mol. The first kappa shape index (κ1) is 46.6. The first-order valence-electron chi connectivity index (χ1n) is 20.7. The average molecular weight is 944 g/mol. The summed E-state index contributed by atoms with van der Waals surface area (Å²) in [5.41, 5.74) is 2.32. The average Bonchev–Trinajstić information content (AvgIpc) is 3.99. The highest BCUT2D eigenvalue weighted by Gasteiger charge is 2.40. The van der Waals surface area contributed by atoms with Crippen molar-refractivity contribution in [1.82, 2.24) is 9.80 Å². The molecule has 4 aromatic rings. The number of rotatable bonds is 15. The summed E-state index contributed by atoms with van der Waals surface area (Å²) in [5.74, 6) is -0.225. The third kappa shape index (κ3) is 11.9. The highest BCUT2D eigenvalue weighted by Crippen LogP contribution is 2.39. The van der Waals surface area contributed by atoms with E-state index in [9.17, 15) is 28.4 Å². The van der Waals surface area contributed by atoms with E-state index in [4.69, 9.17) is 52.1 Å². The van der Waals surface area contributed by atoms with Crippen LogP contribution in [-0.4, -0.2) is 96.0 Å². The number of ether oxygens (including phenoxy) is 4. The van der Waals surface area contributed by atoms with Crippen LogP contribution in [0.3, 0.4) is 0 Å². The Labute approximate surface area is 382 Å². The van der Waals surface area contributed by atoms with Gasteiger partial charge in [-0.25, -0.2) is 9.59 Å². The van der Waals surface area contributed by atoms with Gasteiger partial charge in [-0.3, -0.25) is 19.4 Å². The van der Waals surface area contributed by atoms with Gasteiger partial charge in [0.1, 0.15) is 22.3 Å². The van der Waals surface area contributed by atoms with Gasteiger partial charge in [0.05, 0.1) is 13.2 Å². The van der Waals surface area contributed by atoms with Gasteiger partial charge in [-0.05, 0) is 98.1 Å². The zero-order chi connectivity index (χ0) is 45.3. The van der Waals surface area contributed by atoms with Crippen LogP contribution < -0.4 is 19.1 Å². The Balaban J connectivity index is 0.00000199. The molecule has 14 nitrogen and oxygen atoms in total. The van der Waals surface area contributed by atoms with Crippen molar-refractivity contribution in [3.63, 3.8) is 0 Å². The van der Waals surface area contributed by atoms with Gasteiger partial charge >= 0.3 is 18.7 Å². The Morgan fingerprint density at radius 1 is 0.953 bits per heavy atom. The zero-order valence-corrected chi connectivity index (χ0v) is 36.8. The van der Waals surface area contributed by atoms with Gasteiger partial charge < -0.3 is 34.2 Å². The van der Waals surface area contributed by atoms with Crippen molar-refractivity contribution in [2.75, 3.05) is 43.4 Å². The number of hydrogen-bond donors (Lipinski definition) is 1. The summed E-state index contributed by atoms with van der Waals surface area (Å²) in [6, 6.07) is 20.4. The first-order valence-corrected chi connectivity index (χ1v) is 22.5. The molecule has 0 spiro atoms. The molecule has 1 saturated carbocycles. The molecule has 1 N–H and O–H groups in total. The third-order valence-corrected chi connectivity index (χ3v) is 13.3. The van der Waals surface area contributed by atoms with Crippen molar-refractivity contribution in [3.8, 4) is 11.5 Å². The first-order chi connectivity index (χ1) is 30.9. The van der Waals surface area contributed by atoms with Gasteiger partial charge in [-0.15, -0.1) is 11.8 Å². The summed E-state index contributed by atoms with van der Waals surface area (Å²) >= 11 is 14.2. The Morgan fingerprint density at radius 2 is 1.67 bits per heavy atom. The number of piperidine rings is 3. The van der Waals surface area contributed by atoms with Crippen molar-refractivity contribution >= 4 is 65.1 Å². The fourth-order valence-corrected chi connectivity index (χ4v) is 9.69. The molecule has 5 fully saturated rings. The normalized spacial score (nSPS) is 20.4. The number of pyridine rings is 1. The van der Waals surface area contributed by atoms with E-state index in [-0.39, 0.29) is 53.6 Å². The van der Waals surface area contributed by atoms with Gasteiger partial charge in [0.2, 0.25) is 0 Å². The molecule has 3 unspecified atom stereocenters. The van der Waals surface area contributed by atoms with E-state index in [0.29, 0.717) is 56.9 Å². The van der Waals surface area contributed by atoms with Crippen LogP contribution in [0, 0.1) is 17.0 Å². The number of amides is 2. The van der Waals surface area contributed by atoms with Crippen LogP contribution >= 0.6 is 35.0 Å². The second kappa shape index (κ2) is 21.5. The van der Waals surface area contributed by atoms with E-state index in [2.05, 4.69) is 4.90 Å². The molecule has 0 radical (unpaired) electrons. The topological polar surface area (TPSA) is 162 Å². The maximum atomic E-state index is 14.2. The van der Waals surface area contributed by atoms with Crippen LogP contribution in [0.2, 0.25) is 10.0 Å². The number of para-hydroxylation sites is 1. The number of benzene rings is 3. The Hall–Kier alpha value is -5.36. The van der Waals surface area contributed by atoms with Crippen LogP contribution in [0.5, 0.6) is 11.5 Å². The lowest BCUT2D eigenvalue weighted by Gasteiger charge is -2.44. The molecule has 3 aromatic carbocycles. The Morgan fingerprint density at radius 3 is 2.33 bits per heavy atom. The molecule has 19 heteroatoms. The van der Waals surface area contributed by atoms with Crippen molar-refractivity contribution < 1.29 is 56.7 Å². The Bertz CT molecular complexity index is 2270. The molecule has 4 saturated heterocycles. The molecule has 9 rings (SSSR count). The summed E-state index contributed by atoms with van der Waals surface area (Å²) in [6.07, 6.45) is 4.28. The highest BCUT2D eigenvalue weighted by atomic mass is 35.5.